The summed E-state index contributed by atoms with van der Waals surface area (Å²) in [5.41, 5.74) is 2.07. The van der Waals surface area contributed by atoms with Crippen molar-refractivity contribution in [3.05, 3.63) is 30.5 Å². The Balaban J connectivity index is 1.48. The summed E-state index contributed by atoms with van der Waals surface area (Å²) in [6.07, 6.45) is 5.35. The Hall–Kier alpha value is -3.07. The molecule has 0 saturated heterocycles. The Labute approximate surface area is 168 Å². The van der Waals surface area contributed by atoms with Crippen LogP contribution in [0.3, 0.4) is 0 Å². The first-order chi connectivity index (χ1) is 14.3. The van der Waals surface area contributed by atoms with Gasteiger partial charge in [0.15, 0.2) is 11.2 Å². The van der Waals surface area contributed by atoms with Crippen LogP contribution in [0.1, 0.15) is 26.2 Å². The van der Waals surface area contributed by atoms with Gasteiger partial charge in [-0.3, -0.25) is 0 Å². The molecule has 0 aliphatic heterocycles. The van der Waals surface area contributed by atoms with Gasteiger partial charge < -0.3 is 19.6 Å². The van der Waals surface area contributed by atoms with E-state index >= 15 is 0 Å². The molecule has 2 aromatic heterocycles. The molecule has 1 aliphatic rings. The van der Waals surface area contributed by atoms with Gasteiger partial charge in [-0.1, -0.05) is 5.21 Å². The van der Waals surface area contributed by atoms with E-state index in [0.29, 0.717) is 36.9 Å². The second-order valence-corrected chi connectivity index (χ2v) is 6.99. The van der Waals surface area contributed by atoms with Crippen molar-refractivity contribution in [1.82, 2.24) is 25.0 Å². The predicted octanol–water partition coefficient (Wildman–Crippen LogP) is 2.41. The first-order valence-electron chi connectivity index (χ1n) is 9.88. The maximum Gasteiger partial charge on any atom is 0.225 e. The molecule has 1 fully saturated rings. The first kappa shape index (κ1) is 19.3. The molecule has 9 heteroatoms. The lowest BCUT2D eigenvalue weighted by atomic mass is 10.1. The Morgan fingerprint density at radius 2 is 2.10 bits per heavy atom. The van der Waals surface area contributed by atoms with E-state index in [1.165, 1.54) is 0 Å². The molecular weight excluding hydrogens is 372 g/mol. The van der Waals surface area contributed by atoms with Crippen LogP contribution in [0.4, 0.5) is 5.95 Å². The van der Waals surface area contributed by atoms with Crippen LogP contribution in [-0.4, -0.2) is 57.1 Å². The fourth-order valence-corrected chi connectivity index (χ4v) is 3.47. The van der Waals surface area contributed by atoms with Gasteiger partial charge in [0, 0.05) is 18.6 Å². The second-order valence-electron chi connectivity index (χ2n) is 6.99. The average Bonchev–Trinajstić information content (AvgIpc) is 3.38. The van der Waals surface area contributed by atoms with Gasteiger partial charge in [-0.15, -0.1) is 5.10 Å². The monoisotopic (exact) mass is 396 g/mol. The van der Waals surface area contributed by atoms with Crippen molar-refractivity contribution < 1.29 is 14.3 Å². The van der Waals surface area contributed by atoms with Crippen molar-refractivity contribution >= 4 is 23.4 Å². The van der Waals surface area contributed by atoms with E-state index in [-0.39, 0.29) is 12.0 Å². The topological polar surface area (TPSA) is 104 Å². The number of aromatic nitrogens is 5. The minimum Gasteiger partial charge on any atom is -0.491 e. The van der Waals surface area contributed by atoms with Crippen molar-refractivity contribution in [1.29, 1.82) is 0 Å². The molecule has 0 spiro atoms. The molecule has 0 bridgehead atoms. The molecule has 2 heterocycles. The van der Waals surface area contributed by atoms with Crippen LogP contribution >= 0.6 is 0 Å². The summed E-state index contributed by atoms with van der Waals surface area (Å²) in [6, 6.07) is 7.79. The van der Waals surface area contributed by atoms with E-state index in [0.717, 1.165) is 37.0 Å². The first-order valence-corrected chi connectivity index (χ1v) is 9.88. The van der Waals surface area contributed by atoms with Gasteiger partial charge in [-0.05, 0) is 50.5 Å². The van der Waals surface area contributed by atoms with Crippen molar-refractivity contribution in [2.24, 2.45) is 5.92 Å². The second kappa shape index (κ2) is 8.95. The van der Waals surface area contributed by atoms with E-state index < -0.39 is 0 Å². The number of benzene rings is 1. The molecule has 0 radical (unpaired) electrons. The minimum absolute atomic E-state index is 0.123. The number of hydrogen-bond acceptors (Lipinski definition) is 8. The number of ether oxygens (including phenoxy) is 2. The third kappa shape index (κ3) is 4.51. The average molecular weight is 396 g/mol. The molecule has 2 atom stereocenters. The van der Waals surface area contributed by atoms with Gasteiger partial charge in [0.25, 0.3) is 0 Å². The quantitative estimate of drug-likeness (QED) is 0.434. The summed E-state index contributed by atoms with van der Waals surface area (Å²) >= 11 is 0. The lowest BCUT2D eigenvalue weighted by Gasteiger charge is -2.12. The highest BCUT2D eigenvalue weighted by Crippen LogP contribution is 2.26. The molecule has 9 nitrogen and oxygen atoms in total. The van der Waals surface area contributed by atoms with Gasteiger partial charge in [0.05, 0.1) is 18.5 Å². The maximum absolute atomic E-state index is 11.0. The number of carbonyl (C=O) groups excluding carboxylic acids is 1. The maximum atomic E-state index is 11.0. The van der Waals surface area contributed by atoms with E-state index in [4.69, 9.17) is 9.47 Å². The molecule has 29 heavy (non-hydrogen) atoms. The standard InChI is InChI=1S/C20H24N6O3/c1-2-28-9-10-29-17-7-5-16(6-8-17)26-19-18(24-25-26)12-21-20(23-19)22-15-4-3-14(11-15)13-27/h5-8,12-15H,2-4,9-11H2,1H3,(H,21,22,23)/t14-,15-/m1/s1. The molecule has 1 N–H and O–H groups in total. The number of rotatable bonds is 9. The fraction of sp³-hybridized carbons (Fsp3) is 0.450. The molecular formula is C20H24N6O3. The zero-order valence-corrected chi connectivity index (χ0v) is 16.3. The van der Waals surface area contributed by atoms with Crippen LogP contribution in [0.15, 0.2) is 30.5 Å². The lowest BCUT2D eigenvalue weighted by molar-refractivity contribution is -0.110. The molecule has 152 valence electrons. The Morgan fingerprint density at radius 3 is 2.86 bits per heavy atom. The predicted molar refractivity (Wildman–Crippen MR) is 107 cm³/mol. The highest BCUT2D eigenvalue weighted by Gasteiger charge is 2.24. The molecule has 1 aliphatic carbocycles. The van der Waals surface area contributed by atoms with Crippen LogP contribution in [-0.2, 0) is 9.53 Å². The third-order valence-electron chi connectivity index (χ3n) is 4.97. The molecule has 0 unspecified atom stereocenters. The summed E-state index contributed by atoms with van der Waals surface area (Å²) in [4.78, 5) is 19.9. The number of hydrogen-bond donors (Lipinski definition) is 1. The van der Waals surface area contributed by atoms with Gasteiger partial charge in [0.1, 0.15) is 18.6 Å². The zero-order valence-electron chi connectivity index (χ0n) is 16.3. The third-order valence-corrected chi connectivity index (χ3v) is 4.97. The number of nitrogens with zero attached hydrogens (tertiary/aromatic N) is 5. The molecule has 0 amide bonds. The summed E-state index contributed by atoms with van der Waals surface area (Å²) in [5, 5.41) is 11.7. The molecule has 1 saturated carbocycles. The van der Waals surface area contributed by atoms with Crippen molar-refractivity contribution in [3.8, 4) is 11.4 Å². The lowest BCUT2D eigenvalue weighted by Crippen LogP contribution is -2.17. The van der Waals surface area contributed by atoms with E-state index in [1.54, 1.807) is 10.9 Å². The smallest absolute Gasteiger partial charge is 0.225 e. The van der Waals surface area contributed by atoms with E-state index in [2.05, 4.69) is 25.6 Å². The number of anilines is 1. The van der Waals surface area contributed by atoms with E-state index in [1.807, 2.05) is 31.2 Å². The normalized spacial score (nSPS) is 18.8. The number of aldehydes is 1. The van der Waals surface area contributed by atoms with Gasteiger partial charge in [-0.2, -0.15) is 9.67 Å². The highest BCUT2D eigenvalue weighted by molar-refractivity contribution is 5.72. The van der Waals surface area contributed by atoms with E-state index in [9.17, 15) is 4.79 Å². The SMILES string of the molecule is CCOCCOc1ccc(-n2nnc3cnc(N[C@@H]4CC[C@@H](C=O)C4)nc32)cc1. The van der Waals surface area contributed by atoms with Gasteiger partial charge in [0.2, 0.25) is 5.95 Å². The van der Waals surface area contributed by atoms with Crippen molar-refractivity contribution in [2.75, 3.05) is 25.1 Å². The van der Waals surface area contributed by atoms with Gasteiger partial charge in [-0.25, -0.2) is 4.98 Å². The minimum atomic E-state index is 0.123. The van der Waals surface area contributed by atoms with Crippen LogP contribution in [0.5, 0.6) is 5.75 Å². The number of carbonyl (C=O) groups is 1. The van der Waals surface area contributed by atoms with Crippen LogP contribution in [0.25, 0.3) is 16.9 Å². The van der Waals surface area contributed by atoms with Gasteiger partial charge >= 0.3 is 0 Å². The van der Waals surface area contributed by atoms with Crippen LogP contribution in [0, 0.1) is 5.92 Å². The van der Waals surface area contributed by atoms with Crippen LogP contribution in [0.2, 0.25) is 0 Å². The van der Waals surface area contributed by atoms with Crippen molar-refractivity contribution in [3.63, 3.8) is 0 Å². The summed E-state index contributed by atoms with van der Waals surface area (Å²) in [7, 11) is 0. The summed E-state index contributed by atoms with van der Waals surface area (Å²) < 4.78 is 12.6. The molecule has 4 rings (SSSR count). The highest BCUT2D eigenvalue weighted by atomic mass is 16.5. The summed E-state index contributed by atoms with van der Waals surface area (Å²) in [6.45, 7) is 3.71. The Morgan fingerprint density at radius 1 is 1.24 bits per heavy atom. The molecule has 1 aromatic carbocycles. The zero-order chi connectivity index (χ0) is 20.1. The van der Waals surface area contributed by atoms with Crippen molar-refractivity contribution in [2.45, 2.75) is 32.2 Å². The number of fused-ring (bicyclic) bond motifs is 1. The Bertz CT molecular complexity index is 959. The molecule has 3 aromatic rings. The Kier molecular flexibility index (Phi) is 5.95. The summed E-state index contributed by atoms with van der Waals surface area (Å²) in [5.74, 6) is 1.41. The largest absolute Gasteiger partial charge is 0.491 e. The fourth-order valence-electron chi connectivity index (χ4n) is 3.47. The number of nitrogens with one attached hydrogen (secondary N) is 1. The van der Waals surface area contributed by atoms with Crippen LogP contribution < -0.4 is 10.1 Å².